The lowest BCUT2D eigenvalue weighted by Crippen LogP contribution is -2.21. The van der Waals surface area contributed by atoms with Gasteiger partial charge in [-0.25, -0.2) is 19.3 Å². The Kier molecular flexibility index (Phi) is 4.34. The second-order valence-electron chi connectivity index (χ2n) is 5.42. The minimum Gasteiger partial charge on any atom is -0.306 e. The highest BCUT2D eigenvalue weighted by Gasteiger charge is 2.12. The van der Waals surface area contributed by atoms with E-state index in [9.17, 15) is 4.79 Å². The molecule has 0 aliphatic carbocycles. The van der Waals surface area contributed by atoms with Gasteiger partial charge in [-0.2, -0.15) is 15.3 Å². The Hall–Kier alpha value is -3.24. The number of rotatable bonds is 3. The molecule has 2 amide bonds. The predicted molar refractivity (Wildman–Crippen MR) is 99.5 cm³/mol. The van der Waals surface area contributed by atoms with Crippen LogP contribution in [-0.2, 0) is 0 Å². The number of urea groups is 1. The third-order valence-electron chi connectivity index (χ3n) is 3.63. The van der Waals surface area contributed by atoms with Crippen molar-refractivity contribution in [2.75, 3.05) is 10.6 Å². The minimum atomic E-state index is -0.486. The Labute approximate surface area is 162 Å². The molecule has 0 aliphatic heterocycles. The highest BCUT2D eigenvalue weighted by atomic mass is 35.5. The molecular formula is C15H11Cl2N9O. The van der Waals surface area contributed by atoms with Crippen molar-refractivity contribution >= 4 is 46.3 Å². The molecule has 4 rings (SSSR count). The Bertz CT molecular complexity index is 1140. The van der Waals surface area contributed by atoms with E-state index in [1.54, 1.807) is 23.6 Å². The number of anilines is 2. The van der Waals surface area contributed by atoms with E-state index < -0.39 is 6.03 Å². The molecule has 136 valence electrons. The number of hydrogen-bond donors (Lipinski definition) is 2. The van der Waals surface area contributed by atoms with Gasteiger partial charge in [0.05, 0.1) is 46.9 Å². The molecule has 0 bridgehead atoms. The van der Waals surface area contributed by atoms with Gasteiger partial charge in [0.25, 0.3) is 0 Å². The van der Waals surface area contributed by atoms with Crippen LogP contribution in [0, 0.1) is 6.92 Å². The van der Waals surface area contributed by atoms with Gasteiger partial charge in [0.15, 0.2) is 16.6 Å². The van der Waals surface area contributed by atoms with Crippen LogP contribution in [0.1, 0.15) is 5.69 Å². The third kappa shape index (κ3) is 3.39. The molecule has 0 radical (unpaired) electrons. The van der Waals surface area contributed by atoms with Gasteiger partial charge in [-0.3, -0.25) is 0 Å². The number of nitrogens with one attached hydrogen (secondary N) is 2. The zero-order valence-corrected chi connectivity index (χ0v) is 15.3. The van der Waals surface area contributed by atoms with Crippen molar-refractivity contribution < 1.29 is 4.79 Å². The summed E-state index contributed by atoms with van der Waals surface area (Å²) in [6, 6.07) is 2.69. The molecule has 4 aromatic rings. The maximum atomic E-state index is 12.3. The van der Waals surface area contributed by atoms with Crippen molar-refractivity contribution in [1.29, 1.82) is 0 Å². The second-order valence-corrected chi connectivity index (χ2v) is 6.22. The maximum absolute atomic E-state index is 12.3. The number of nitrogens with zero attached hydrogens (tertiary/aromatic N) is 7. The normalized spacial score (nSPS) is 10.9. The van der Waals surface area contributed by atoms with Crippen LogP contribution < -0.4 is 10.6 Å². The van der Waals surface area contributed by atoms with Crippen molar-refractivity contribution in [1.82, 2.24) is 34.6 Å². The Balaban J connectivity index is 1.51. The summed E-state index contributed by atoms with van der Waals surface area (Å²) < 4.78 is 1.54. The summed E-state index contributed by atoms with van der Waals surface area (Å²) in [6.07, 6.45) is 6.00. The van der Waals surface area contributed by atoms with Crippen molar-refractivity contribution in [3.8, 4) is 5.82 Å². The second kappa shape index (κ2) is 6.82. The number of halogens is 2. The number of aromatic nitrogens is 7. The lowest BCUT2D eigenvalue weighted by Gasteiger charge is -2.11. The van der Waals surface area contributed by atoms with Gasteiger partial charge in [-0.1, -0.05) is 23.2 Å². The number of carbonyl (C=O) groups is 1. The van der Waals surface area contributed by atoms with Gasteiger partial charge in [-0.05, 0) is 13.0 Å². The van der Waals surface area contributed by atoms with Crippen molar-refractivity contribution in [2.45, 2.75) is 6.92 Å². The standard InChI is InChI=1S/C15H11Cl2N9O/c1-8-11(7-18-13-5-12(17)24-25(8)13)23-15(27)22-9-4-10(16)14(19-6-9)26-20-2-3-21-26/h2-7H,1H3,(H2,22,23,27). The molecule has 0 aliphatic rings. The summed E-state index contributed by atoms with van der Waals surface area (Å²) in [6.45, 7) is 1.79. The van der Waals surface area contributed by atoms with Gasteiger partial charge < -0.3 is 10.6 Å². The van der Waals surface area contributed by atoms with Crippen molar-refractivity contribution in [3.63, 3.8) is 0 Å². The fourth-order valence-corrected chi connectivity index (χ4v) is 2.81. The summed E-state index contributed by atoms with van der Waals surface area (Å²) in [5, 5.41) is 18.0. The highest BCUT2D eigenvalue weighted by Crippen LogP contribution is 2.21. The van der Waals surface area contributed by atoms with E-state index in [0.29, 0.717) is 33.7 Å². The number of carbonyl (C=O) groups excluding carboxylic acids is 1. The van der Waals surface area contributed by atoms with Crippen LogP contribution in [-0.4, -0.2) is 40.6 Å². The molecule has 4 aromatic heterocycles. The van der Waals surface area contributed by atoms with Crippen LogP contribution in [0.15, 0.2) is 36.9 Å². The monoisotopic (exact) mass is 403 g/mol. The Morgan fingerprint density at radius 2 is 1.85 bits per heavy atom. The van der Waals surface area contributed by atoms with Crippen LogP contribution in [0.3, 0.4) is 0 Å². The van der Waals surface area contributed by atoms with E-state index in [-0.39, 0.29) is 5.02 Å². The lowest BCUT2D eigenvalue weighted by atomic mass is 10.3. The van der Waals surface area contributed by atoms with Crippen LogP contribution >= 0.6 is 23.2 Å². The topological polar surface area (TPSA) is 115 Å². The first kappa shape index (κ1) is 17.2. The highest BCUT2D eigenvalue weighted by molar-refractivity contribution is 6.32. The molecule has 4 heterocycles. The van der Waals surface area contributed by atoms with E-state index in [4.69, 9.17) is 23.2 Å². The van der Waals surface area contributed by atoms with Gasteiger partial charge >= 0.3 is 6.03 Å². The van der Waals surface area contributed by atoms with Gasteiger partial charge in [-0.15, -0.1) is 4.80 Å². The summed E-state index contributed by atoms with van der Waals surface area (Å²) in [5.41, 5.74) is 2.15. The molecule has 0 saturated carbocycles. The molecule has 10 nitrogen and oxygen atoms in total. The summed E-state index contributed by atoms with van der Waals surface area (Å²) in [5.74, 6) is 0.355. The van der Waals surface area contributed by atoms with Gasteiger partial charge in [0, 0.05) is 6.07 Å². The summed E-state index contributed by atoms with van der Waals surface area (Å²) in [4.78, 5) is 21.9. The first-order valence-corrected chi connectivity index (χ1v) is 8.38. The average Bonchev–Trinajstić information content (AvgIpc) is 3.27. The van der Waals surface area contributed by atoms with Crippen LogP contribution in [0.5, 0.6) is 0 Å². The molecule has 0 aromatic carbocycles. The van der Waals surface area contributed by atoms with Crippen LogP contribution in [0.25, 0.3) is 11.5 Å². The van der Waals surface area contributed by atoms with E-state index in [2.05, 4.69) is 35.9 Å². The zero-order valence-electron chi connectivity index (χ0n) is 13.8. The lowest BCUT2D eigenvalue weighted by molar-refractivity contribution is 0.262. The van der Waals surface area contributed by atoms with Crippen molar-refractivity contribution in [3.05, 3.63) is 52.8 Å². The molecule has 0 atom stereocenters. The average molecular weight is 404 g/mol. The number of hydrogen-bond acceptors (Lipinski definition) is 6. The van der Waals surface area contributed by atoms with E-state index in [1.807, 2.05) is 0 Å². The predicted octanol–water partition coefficient (Wildman–Crippen LogP) is 2.96. The molecule has 0 spiro atoms. The van der Waals surface area contributed by atoms with Gasteiger partial charge in [0.1, 0.15) is 0 Å². The summed E-state index contributed by atoms with van der Waals surface area (Å²) >= 11 is 12.1. The Morgan fingerprint density at radius 3 is 2.59 bits per heavy atom. The fourth-order valence-electron chi connectivity index (χ4n) is 2.40. The first-order valence-electron chi connectivity index (χ1n) is 7.62. The number of amides is 2. The maximum Gasteiger partial charge on any atom is 0.323 e. The third-order valence-corrected chi connectivity index (χ3v) is 4.09. The minimum absolute atomic E-state index is 0.287. The van der Waals surface area contributed by atoms with E-state index in [0.717, 1.165) is 0 Å². The van der Waals surface area contributed by atoms with E-state index in [1.165, 1.54) is 29.6 Å². The first-order chi connectivity index (χ1) is 13.0. The van der Waals surface area contributed by atoms with Crippen molar-refractivity contribution in [2.24, 2.45) is 0 Å². The molecule has 0 fully saturated rings. The zero-order chi connectivity index (χ0) is 19.0. The molecule has 0 unspecified atom stereocenters. The smallest absolute Gasteiger partial charge is 0.306 e. The number of aryl methyl sites for hydroxylation is 1. The fraction of sp³-hybridized carbons (Fsp3) is 0.0667. The number of pyridine rings is 1. The molecular weight excluding hydrogens is 393 g/mol. The number of fused-ring (bicyclic) bond motifs is 1. The van der Waals surface area contributed by atoms with Crippen LogP contribution in [0.4, 0.5) is 16.2 Å². The molecule has 27 heavy (non-hydrogen) atoms. The molecule has 12 heteroatoms. The van der Waals surface area contributed by atoms with Crippen LogP contribution in [0.2, 0.25) is 10.2 Å². The summed E-state index contributed by atoms with van der Waals surface area (Å²) in [7, 11) is 0. The Morgan fingerprint density at radius 1 is 1.07 bits per heavy atom. The molecule has 0 saturated heterocycles. The SMILES string of the molecule is Cc1c(NC(=O)Nc2cnc(-n3nccn3)c(Cl)c2)cnc2cc(Cl)nn12. The van der Waals surface area contributed by atoms with E-state index >= 15 is 0 Å². The van der Waals surface area contributed by atoms with Gasteiger partial charge in [0.2, 0.25) is 0 Å². The quantitative estimate of drug-likeness (QED) is 0.543. The molecule has 2 N–H and O–H groups in total. The largest absolute Gasteiger partial charge is 0.323 e.